The summed E-state index contributed by atoms with van der Waals surface area (Å²) in [4.78, 5) is 11.6. The third kappa shape index (κ3) is 4.78. The Hall–Kier alpha value is -1.77. The summed E-state index contributed by atoms with van der Waals surface area (Å²) >= 11 is 0. The van der Waals surface area contributed by atoms with E-state index >= 15 is 0 Å². The summed E-state index contributed by atoms with van der Waals surface area (Å²) in [5.74, 6) is 0.284. The lowest BCUT2D eigenvalue weighted by Crippen LogP contribution is -2.15. The molecule has 0 aliphatic heterocycles. The van der Waals surface area contributed by atoms with Crippen LogP contribution in [0.5, 0.6) is 0 Å². The minimum absolute atomic E-state index is 0.270. The van der Waals surface area contributed by atoms with Crippen molar-refractivity contribution in [2.45, 2.75) is 32.1 Å². The maximum Gasteiger partial charge on any atom is 0.330 e. The molecule has 0 spiro atoms. The first kappa shape index (κ1) is 13.7. The Bertz CT molecular complexity index is 448. The molecule has 0 saturated heterocycles. The van der Waals surface area contributed by atoms with Gasteiger partial charge in [-0.05, 0) is 42.5 Å². The van der Waals surface area contributed by atoms with Crippen molar-refractivity contribution < 1.29 is 9.53 Å². The number of hydrogen-bond acceptors (Lipinski definition) is 3. The van der Waals surface area contributed by atoms with Gasteiger partial charge in [0.2, 0.25) is 0 Å². The molecule has 0 unspecified atom stereocenters. The summed E-state index contributed by atoms with van der Waals surface area (Å²) in [5, 5.41) is 0. The minimum Gasteiger partial charge on any atom is -0.462 e. The highest BCUT2D eigenvalue weighted by Crippen LogP contribution is 2.23. The van der Waals surface area contributed by atoms with E-state index in [0.717, 1.165) is 5.56 Å². The van der Waals surface area contributed by atoms with Crippen LogP contribution in [0.2, 0.25) is 0 Å². The van der Waals surface area contributed by atoms with Gasteiger partial charge in [-0.15, -0.1) is 0 Å². The molecule has 1 fully saturated rings. The van der Waals surface area contributed by atoms with E-state index < -0.39 is 0 Å². The highest BCUT2D eigenvalue weighted by Gasteiger charge is 2.14. The van der Waals surface area contributed by atoms with Gasteiger partial charge in [-0.25, -0.2) is 4.79 Å². The van der Waals surface area contributed by atoms with Gasteiger partial charge in [-0.3, -0.25) is 0 Å². The van der Waals surface area contributed by atoms with E-state index in [1.807, 2.05) is 24.3 Å². The zero-order valence-electron chi connectivity index (χ0n) is 11.2. The molecular formula is C16H21NO2. The predicted octanol–water partition coefficient (Wildman–Crippen LogP) is 3.41. The van der Waals surface area contributed by atoms with Gasteiger partial charge in [-0.2, -0.15) is 0 Å². The summed E-state index contributed by atoms with van der Waals surface area (Å²) < 4.78 is 5.28. The van der Waals surface area contributed by atoms with E-state index in [9.17, 15) is 4.79 Å². The lowest BCUT2D eigenvalue weighted by atomic mass is 9.90. The molecule has 1 aliphatic carbocycles. The van der Waals surface area contributed by atoms with Crippen LogP contribution in [0.4, 0.5) is 5.69 Å². The molecule has 0 radical (unpaired) electrons. The van der Waals surface area contributed by atoms with E-state index in [1.54, 1.807) is 6.08 Å². The van der Waals surface area contributed by atoms with Crippen LogP contribution in [0.15, 0.2) is 30.3 Å². The second-order valence-electron chi connectivity index (χ2n) is 5.14. The fraction of sp³-hybridized carbons (Fsp3) is 0.438. The van der Waals surface area contributed by atoms with E-state index in [0.29, 0.717) is 18.2 Å². The standard InChI is InChI=1S/C16H21NO2/c17-15-8-4-7-13(11-15)9-10-16(18)19-12-14-5-2-1-3-6-14/h4,7-11,14H,1-3,5-6,12,17H2/b10-9+. The molecule has 1 aromatic rings. The van der Waals surface area contributed by atoms with Gasteiger partial charge in [0.05, 0.1) is 6.61 Å². The zero-order chi connectivity index (χ0) is 13.5. The smallest absolute Gasteiger partial charge is 0.330 e. The van der Waals surface area contributed by atoms with Gasteiger partial charge < -0.3 is 10.5 Å². The molecule has 0 heterocycles. The highest BCUT2D eigenvalue weighted by molar-refractivity contribution is 5.87. The second-order valence-corrected chi connectivity index (χ2v) is 5.14. The maximum atomic E-state index is 11.6. The SMILES string of the molecule is Nc1cccc(/C=C/C(=O)OCC2CCCCC2)c1. The normalized spacial score (nSPS) is 16.6. The van der Waals surface area contributed by atoms with Crippen LogP contribution in [0.1, 0.15) is 37.7 Å². The van der Waals surface area contributed by atoms with Crippen LogP contribution in [0, 0.1) is 5.92 Å². The third-order valence-corrected chi connectivity index (χ3v) is 3.51. The topological polar surface area (TPSA) is 52.3 Å². The number of esters is 1. The fourth-order valence-corrected chi connectivity index (χ4v) is 2.43. The van der Waals surface area contributed by atoms with Gasteiger partial charge >= 0.3 is 5.97 Å². The van der Waals surface area contributed by atoms with Crippen molar-refractivity contribution in [1.82, 2.24) is 0 Å². The van der Waals surface area contributed by atoms with Gasteiger partial charge in [-0.1, -0.05) is 31.4 Å². The molecule has 0 atom stereocenters. The Kier molecular flexibility index (Phi) is 5.01. The number of anilines is 1. The first-order valence-corrected chi connectivity index (χ1v) is 6.94. The summed E-state index contributed by atoms with van der Waals surface area (Å²) in [6.07, 6.45) is 9.43. The number of nitrogen functional groups attached to an aromatic ring is 1. The molecular weight excluding hydrogens is 238 g/mol. The molecule has 0 amide bonds. The molecule has 3 nitrogen and oxygen atoms in total. The molecule has 2 rings (SSSR count). The third-order valence-electron chi connectivity index (χ3n) is 3.51. The van der Waals surface area contributed by atoms with Crippen LogP contribution in [0.3, 0.4) is 0 Å². The van der Waals surface area contributed by atoms with Crippen LogP contribution in [-0.4, -0.2) is 12.6 Å². The van der Waals surface area contributed by atoms with E-state index in [-0.39, 0.29) is 5.97 Å². The first-order chi connectivity index (χ1) is 9.24. The van der Waals surface area contributed by atoms with Crippen molar-refractivity contribution in [3.05, 3.63) is 35.9 Å². The van der Waals surface area contributed by atoms with Crippen molar-refractivity contribution >= 4 is 17.7 Å². The number of rotatable bonds is 4. The van der Waals surface area contributed by atoms with Gasteiger partial charge in [0.1, 0.15) is 0 Å². The Morgan fingerprint density at radius 1 is 1.32 bits per heavy atom. The second kappa shape index (κ2) is 6.98. The zero-order valence-corrected chi connectivity index (χ0v) is 11.2. The number of nitrogens with two attached hydrogens (primary N) is 1. The molecule has 19 heavy (non-hydrogen) atoms. The molecule has 1 aromatic carbocycles. The van der Waals surface area contributed by atoms with Crippen LogP contribution >= 0.6 is 0 Å². The number of carbonyl (C=O) groups is 1. The molecule has 1 aliphatic rings. The fourth-order valence-electron chi connectivity index (χ4n) is 2.43. The highest BCUT2D eigenvalue weighted by atomic mass is 16.5. The molecule has 3 heteroatoms. The lowest BCUT2D eigenvalue weighted by molar-refractivity contribution is -0.139. The van der Waals surface area contributed by atoms with Crippen molar-refractivity contribution in [3.63, 3.8) is 0 Å². The molecule has 0 bridgehead atoms. The largest absolute Gasteiger partial charge is 0.462 e. The molecule has 1 saturated carbocycles. The van der Waals surface area contributed by atoms with E-state index in [1.165, 1.54) is 38.2 Å². The molecule has 0 aromatic heterocycles. The maximum absolute atomic E-state index is 11.6. The predicted molar refractivity (Wildman–Crippen MR) is 77.4 cm³/mol. The van der Waals surface area contributed by atoms with E-state index in [2.05, 4.69) is 0 Å². The Morgan fingerprint density at radius 3 is 2.84 bits per heavy atom. The average molecular weight is 259 g/mol. The number of hydrogen-bond donors (Lipinski definition) is 1. The Labute approximate surface area is 114 Å². The summed E-state index contributed by atoms with van der Waals surface area (Å²) in [7, 11) is 0. The van der Waals surface area contributed by atoms with Crippen molar-refractivity contribution in [3.8, 4) is 0 Å². The van der Waals surface area contributed by atoms with Crippen LogP contribution in [0.25, 0.3) is 6.08 Å². The first-order valence-electron chi connectivity index (χ1n) is 6.94. The van der Waals surface area contributed by atoms with E-state index in [4.69, 9.17) is 10.5 Å². The quantitative estimate of drug-likeness (QED) is 0.512. The lowest BCUT2D eigenvalue weighted by Gasteiger charge is -2.20. The summed E-state index contributed by atoms with van der Waals surface area (Å²) in [5.41, 5.74) is 7.28. The average Bonchev–Trinajstić information content (AvgIpc) is 2.44. The van der Waals surface area contributed by atoms with Crippen molar-refractivity contribution in [2.75, 3.05) is 12.3 Å². The van der Waals surface area contributed by atoms with Crippen LogP contribution < -0.4 is 5.73 Å². The Balaban J connectivity index is 1.77. The Morgan fingerprint density at radius 2 is 2.11 bits per heavy atom. The number of ether oxygens (including phenoxy) is 1. The van der Waals surface area contributed by atoms with Crippen molar-refractivity contribution in [1.29, 1.82) is 0 Å². The minimum atomic E-state index is -0.270. The van der Waals surface area contributed by atoms with Gasteiger partial charge in [0.25, 0.3) is 0 Å². The summed E-state index contributed by atoms with van der Waals surface area (Å²) in [6, 6.07) is 7.41. The van der Waals surface area contributed by atoms with Crippen molar-refractivity contribution in [2.24, 2.45) is 5.92 Å². The molecule has 102 valence electrons. The summed E-state index contributed by atoms with van der Waals surface area (Å²) in [6.45, 7) is 0.556. The number of benzene rings is 1. The monoisotopic (exact) mass is 259 g/mol. The van der Waals surface area contributed by atoms with Gasteiger partial charge in [0.15, 0.2) is 0 Å². The molecule has 2 N–H and O–H groups in total. The van der Waals surface area contributed by atoms with Gasteiger partial charge in [0, 0.05) is 11.8 Å². The number of carbonyl (C=O) groups excluding carboxylic acids is 1. The van der Waals surface area contributed by atoms with Crippen LogP contribution in [-0.2, 0) is 9.53 Å².